The number of nitrogen functional groups attached to an aromatic ring is 1. The molecule has 18 heavy (non-hydrogen) atoms. The summed E-state index contributed by atoms with van der Waals surface area (Å²) in [5, 5.41) is 0. The van der Waals surface area contributed by atoms with Crippen molar-refractivity contribution >= 4 is 17.6 Å². The van der Waals surface area contributed by atoms with E-state index in [1.54, 1.807) is 39.1 Å². The summed E-state index contributed by atoms with van der Waals surface area (Å²) >= 11 is 0. The van der Waals surface area contributed by atoms with E-state index in [1.807, 2.05) is 0 Å². The molecule has 0 aromatic heterocycles. The average molecular weight is 250 g/mol. The lowest BCUT2D eigenvalue weighted by molar-refractivity contribution is -0.143. The second kappa shape index (κ2) is 6.05. The van der Waals surface area contributed by atoms with Crippen molar-refractivity contribution in [1.82, 2.24) is 4.90 Å². The van der Waals surface area contributed by atoms with Crippen LogP contribution >= 0.6 is 0 Å². The van der Waals surface area contributed by atoms with Crippen molar-refractivity contribution in [3.8, 4) is 0 Å². The molecular formula is C13H18N2O3. The van der Waals surface area contributed by atoms with Gasteiger partial charge in [0, 0.05) is 18.3 Å². The van der Waals surface area contributed by atoms with Gasteiger partial charge in [-0.3, -0.25) is 9.59 Å². The van der Waals surface area contributed by atoms with Crippen LogP contribution in [0, 0.1) is 6.92 Å². The third kappa shape index (κ3) is 3.23. The molecule has 0 aliphatic heterocycles. The topological polar surface area (TPSA) is 72.6 Å². The molecule has 0 aliphatic rings. The van der Waals surface area contributed by atoms with Crippen LogP contribution in [0.4, 0.5) is 5.69 Å². The van der Waals surface area contributed by atoms with Crippen LogP contribution in [-0.4, -0.2) is 37.0 Å². The van der Waals surface area contributed by atoms with Crippen molar-refractivity contribution in [2.24, 2.45) is 0 Å². The van der Waals surface area contributed by atoms with Gasteiger partial charge in [0.15, 0.2) is 0 Å². The molecule has 0 atom stereocenters. The van der Waals surface area contributed by atoms with Gasteiger partial charge in [0.25, 0.3) is 5.91 Å². The van der Waals surface area contributed by atoms with E-state index >= 15 is 0 Å². The number of ether oxygens (including phenoxy) is 1. The Kier molecular flexibility index (Phi) is 4.71. The summed E-state index contributed by atoms with van der Waals surface area (Å²) in [4.78, 5) is 24.7. The van der Waals surface area contributed by atoms with Crippen LogP contribution in [0.15, 0.2) is 18.2 Å². The number of nitrogens with two attached hydrogens (primary N) is 1. The lowest BCUT2D eigenvalue weighted by atomic mass is 10.1. The van der Waals surface area contributed by atoms with Gasteiger partial charge in [-0.25, -0.2) is 0 Å². The van der Waals surface area contributed by atoms with Gasteiger partial charge in [0.1, 0.15) is 6.54 Å². The zero-order chi connectivity index (χ0) is 13.7. The van der Waals surface area contributed by atoms with E-state index in [0.717, 1.165) is 5.56 Å². The number of hydrogen-bond acceptors (Lipinski definition) is 4. The van der Waals surface area contributed by atoms with E-state index in [1.165, 1.54) is 4.90 Å². The van der Waals surface area contributed by atoms with Gasteiger partial charge in [-0.1, -0.05) is 6.07 Å². The third-order valence-corrected chi connectivity index (χ3v) is 2.62. The zero-order valence-corrected chi connectivity index (χ0v) is 10.9. The first-order valence-corrected chi connectivity index (χ1v) is 5.73. The Morgan fingerprint density at radius 3 is 2.67 bits per heavy atom. The number of hydrogen-bond donors (Lipinski definition) is 1. The number of likely N-dealkylation sites (N-methyl/N-ethyl adjacent to an activating group) is 1. The number of rotatable bonds is 4. The van der Waals surface area contributed by atoms with Crippen molar-refractivity contribution in [3.63, 3.8) is 0 Å². The van der Waals surface area contributed by atoms with Crippen LogP contribution in [0.2, 0.25) is 0 Å². The highest BCUT2D eigenvalue weighted by molar-refractivity contribution is 5.98. The standard InChI is InChI=1S/C13H18N2O3/c1-4-18-12(16)8-15(3)13(17)10-6-5-7-11(14)9(10)2/h5-7H,4,8,14H2,1-3H3. The quantitative estimate of drug-likeness (QED) is 0.644. The molecule has 0 fully saturated rings. The van der Waals surface area contributed by atoms with Crippen molar-refractivity contribution in [1.29, 1.82) is 0 Å². The van der Waals surface area contributed by atoms with Crippen LogP contribution in [0.5, 0.6) is 0 Å². The molecule has 0 bridgehead atoms. The molecule has 5 heteroatoms. The summed E-state index contributed by atoms with van der Waals surface area (Å²) in [6.07, 6.45) is 0. The lowest BCUT2D eigenvalue weighted by Gasteiger charge is -2.17. The van der Waals surface area contributed by atoms with E-state index in [9.17, 15) is 9.59 Å². The van der Waals surface area contributed by atoms with Gasteiger partial charge >= 0.3 is 5.97 Å². The Hall–Kier alpha value is -2.04. The van der Waals surface area contributed by atoms with E-state index < -0.39 is 5.97 Å². The van der Waals surface area contributed by atoms with E-state index in [-0.39, 0.29) is 12.5 Å². The van der Waals surface area contributed by atoms with Crippen molar-refractivity contribution < 1.29 is 14.3 Å². The molecule has 5 nitrogen and oxygen atoms in total. The molecule has 0 saturated carbocycles. The molecule has 0 radical (unpaired) electrons. The molecular weight excluding hydrogens is 232 g/mol. The first-order chi connectivity index (χ1) is 8.47. The minimum absolute atomic E-state index is 0.0685. The molecule has 1 rings (SSSR count). The SMILES string of the molecule is CCOC(=O)CN(C)C(=O)c1cccc(N)c1C. The summed E-state index contributed by atoms with van der Waals surface area (Å²) in [5.41, 5.74) is 7.53. The molecule has 98 valence electrons. The van der Waals surface area contributed by atoms with Gasteiger partial charge < -0.3 is 15.4 Å². The fourth-order valence-corrected chi connectivity index (χ4v) is 1.56. The summed E-state index contributed by atoms with van der Waals surface area (Å²) in [7, 11) is 1.56. The van der Waals surface area contributed by atoms with Gasteiger partial charge in [0.2, 0.25) is 0 Å². The summed E-state index contributed by atoms with van der Waals surface area (Å²) in [6, 6.07) is 5.14. The molecule has 1 aromatic rings. The summed E-state index contributed by atoms with van der Waals surface area (Å²) in [6.45, 7) is 3.74. The van der Waals surface area contributed by atoms with Gasteiger partial charge in [-0.2, -0.15) is 0 Å². The first-order valence-electron chi connectivity index (χ1n) is 5.73. The fourth-order valence-electron chi connectivity index (χ4n) is 1.56. The van der Waals surface area contributed by atoms with Crippen LogP contribution in [-0.2, 0) is 9.53 Å². The minimum Gasteiger partial charge on any atom is -0.465 e. The number of benzene rings is 1. The number of nitrogens with zero attached hydrogens (tertiary/aromatic N) is 1. The molecule has 0 unspecified atom stereocenters. The van der Waals surface area contributed by atoms with Gasteiger partial charge in [-0.15, -0.1) is 0 Å². The predicted molar refractivity (Wildman–Crippen MR) is 69.2 cm³/mol. The number of anilines is 1. The first kappa shape index (κ1) is 14.0. The fraction of sp³-hybridized carbons (Fsp3) is 0.385. The van der Waals surface area contributed by atoms with Crippen molar-refractivity contribution in [2.75, 3.05) is 25.9 Å². The van der Waals surface area contributed by atoms with E-state index in [0.29, 0.717) is 17.9 Å². The Labute approximate surface area is 107 Å². The van der Waals surface area contributed by atoms with Crippen LogP contribution in [0.25, 0.3) is 0 Å². The Balaban J connectivity index is 2.81. The Morgan fingerprint density at radius 2 is 2.06 bits per heavy atom. The summed E-state index contributed by atoms with van der Waals surface area (Å²) < 4.78 is 4.80. The van der Waals surface area contributed by atoms with E-state index in [2.05, 4.69) is 0 Å². The van der Waals surface area contributed by atoms with Gasteiger partial charge in [-0.05, 0) is 31.5 Å². The maximum atomic E-state index is 12.1. The largest absolute Gasteiger partial charge is 0.465 e. The third-order valence-electron chi connectivity index (χ3n) is 2.62. The maximum Gasteiger partial charge on any atom is 0.325 e. The zero-order valence-electron chi connectivity index (χ0n) is 10.9. The van der Waals surface area contributed by atoms with Crippen LogP contribution in [0.1, 0.15) is 22.8 Å². The highest BCUT2D eigenvalue weighted by Gasteiger charge is 2.17. The molecule has 1 amide bonds. The Morgan fingerprint density at radius 1 is 1.39 bits per heavy atom. The molecule has 1 aromatic carbocycles. The minimum atomic E-state index is -0.421. The summed E-state index contributed by atoms with van der Waals surface area (Å²) in [5.74, 6) is -0.664. The smallest absolute Gasteiger partial charge is 0.325 e. The number of amides is 1. The normalized spacial score (nSPS) is 9.94. The molecule has 0 spiro atoms. The van der Waals surface area contributed by atoms with Crippen molar-refractivity contribution in [2.45, 2.75) is 13.8 Å². The highest BCUT2D eigenvalue weighted by Crippen LogP contribution is 2.16. The average Bonchev–Trinajstić information content (AvgIpc) is 2.32. The molecule has 2 N–H and O–H groups in total. The number of carbonyl (C=O) groups excluding carboxylic acids is 2. The van der Waals surface area contributed by atoms with Gasteiger partial charge in [0.05, 0.1) is 6.61 Å². The number of carbonyl (C=O) groups is 2. The number of esters is 1. The second-order valence-electron chi connectivity index (χ2n) is 3.99. The highest BCUT2D eigenvalue weighted by atomic mass is 16.5. The molecule has 0 aliphatic carbocycles. The lowest BCUT2D eigenvalue weighted by Crippen LogP contribution is -2.33. The Bertz CT molecular complexity index is 458. The van der Waals surface area contributed by atoms with Crippen molar-refractivity contribution in [3.05, 3.63) is 29.3 Å². The monoisotopic (exact) mass is 250 g/mol. The van der Waals surface area contributed by atoms with Crippen LogP contribution in [0.3, 0.4) is 0 Å². The maximum absolute atomic E-state index is 12.1. The predicted octanol–water partition coefficient (Wildman–Crippen LogP) is 1.21. The second-order valence-corrected chi connectivity index (χ2v) is 3.99. The molecule has 0 heterocycles. The van der Waals surface area contributed by atoms with E-state index in [4.69, 9.17) is 10.5 Å². The van der Waals surface area contributed by atoms with Crippen LogP contribution < -0.4 is 5.73 Å². The molecule has 0 saturated heterocycles.